The van der Waals surface area contributed by atoms with E-state index in [0.717, 1.165) is 29.3 Å². The van der Waals surface area contributed by atoms with E-state index in [1.54, 1.807) is 0 Å². The summed E-state index contributed by atoms with van der Waals surface area (Å²) >= 11 is 0. The molecule has 1 aromatic heterocycles. The van der Waals surface area contributed by atoms with Crippen LogP contribution in [0.5, 0.6) is 0 Å². The molecule has 3 rings (SSSR count). The SMILES string of the molecule is Cn1cc(C(=O)NC2CC(C)(C)NC(C)(C)C2)c2ccccc21. The average molecular weight is 313 g/mol. The van der Waals surface area contributed by atoms with Crippen LogP contribution in [0.3, 0.4) is 0 Å². The first-order valence-corrected chi connectivity index (χ1v) is 8.31. The van der Waals surface area contributed by atoms with Crippen LogP contribution in [-0.2, 0) is 7.05 Å². The van der Waals surface area contributed by atoms with E-state index in [2.05, 4.69) is 38.3 Å². The number of amides is 1. The van der Waals surface area contributed by atoms with E-state index >= 15 is 0 Å². The van der Waals surface area contributed by atoms with E-state index in [1.165, 1.54) is 0 Å². The van der Waals surface area contributed by atoms with Gasteiger partial charge in [0.25, 0.3) is 5.91 Å². The molecule has 1 fully saturated rings. The highest BCUT2D eigenvalue weighted by atomic mass is 16.1. The van der Waals surface area contributed by atoms with E-state index in [9.17, 15) is 4.79 Å². The summed E-state index contributed by atoms with van der Waals surface area (Å²) in [6, 6.07) is 8.23. The van der Waals surface area contributed by atoms with Crippen molar-refractivity contribution < 1.29 is 4.79 Å². The number of nitrogens with one attached hydrogen (secondary N) is 2. The summed E-state index contributed by atoms with van der Waals surface area (Å²) < 4.78 is 2.01. The molecule has 23 heavy (non-hydrogen) atoms. The van der Waals surface area contributed by atoms with Crippen LogP contribution in [0.2, 0.25) is 0 Å². The van der Waals surface area contributed by atoms with Crippen molar-refractivity contribution in [1.82, 2.24) is 15.2 Å². The average Bonchev–Trinajstić information content (AvgIpc) is 2.73. The zero-order valence-electron chi connectivity index (χ0n) is 14.7. The monoisotopic (exact) mass is 313 g/mol. The second kappa shape index (κ2) is 5.38. The van der Waals surface area contributed by atoms with Gasteiger partial charge >= 0.3 is 0 Å². The van der Waals surface area contributed by atoms with Crippen molar-refractivity contribution in [2.24, 2.45) is 7.05 Å². The summed E-state index contributed by atoms with van der Waals surface area (Å²) in [5, 5.41) is 7.93. The zero-order valence-corrected chi connectivity index (χ0v) is 14.7. The van der Waals surface area contributed by atoms with Gasteiger partial charge in [0, 0.05) is 41.3 Å². The van der Waals surface area contributed by atoms with Crippen molar-refractivity contribution in [2.75, 3.05) is 0 Å². The normalized spacial score (nSPS) is 20.6. The molecule has 1 saturated heterocycles. The summed E-state index contributed by atoms with van der Waals surface area (Å²) in [7, 11) is 1.98. The fourth-order valence-corrected chi connectivity index (χ4v) is 4.21. The van der Waals surface area contributed by atoms with E-state index < -0.39 is 0 Å². The maximum absolute atomic E-state index is 12.8. The number of benzene rings is 1. The molecule has 0 atom stereocenters. The fraction of sp³-hybridized carbons (Fsp3) is 0.526. The van der Waals surface area contributed by atoms with Gasteiger partial charge in [0.2, 0.25) is 0 Å². The quantitative estimate of drug-likeness (QED) is 0.894. The Balaban J connectivity index is 1.84. The standard InChI is InChI=1S/C19H27N3O/c1-18(2)10-13(11-19(3,4)21-18)20-17(23)15-12-22(5)16-9-7-6-8-14(15)16/h6-9,12-13,21H,10-11H2,1-5H3,(H,20,23). The third-order valence-corrected chi connectivity index (χ3v) is 4.67. The number of aryl methyl sites for hydroxylation is 1. The van der Waals surface area contributed by atoms with Crippen LogP contribution >= 0.6 is 0 Å². The fourth-order valence-electron chi connectivity index (χ4n) is 4.21. The highest BCUT2D eigenvalue weighted by Crippen LogP contribution is 2.29. The third kappa shape index (κ3) is 3.27. The van der Waals surface area contributed by atoms with Gasteiger partial charge in [-0.2, -0.15) is 0 Å². The van der Waals surface area contributed by atoms with Crippen molar-refractivity contribution >= 4 is 16.8 Å². The van der Waals surface area contributed by atoms with Crippen LogP contribution in [0.1, 0.15) is 50.9 Å². The molecule has 1 amide bonds. The number of aromatic nitrogens is 1. The topological polar surface area (TPSA) is 46.1 Å². The first-order valence-electron chi connectivity index (χ1n) is 8.31. The third-order valence-electron chi connectivity index (χ3n) is 4.67. The number of carbonyl (C=O) groups is 1. The second-order valence-corrected chi connectivity index (χ2v) is 8.14. The molecule has 1 aliphatic heterocycles. The number of fused-ring (bicyclic) bond motifs is 1. The van der Waals surface area contributed by atoms with E-state index in [1.807, 2.05) is 42.1 Å². The molecular formula is C19H27N3O. The molecule has 0 spiro atoms. The summed E-state index contributed by atoms with van der Waals surface area (Å²) in [4.78, 5) is 12.8. The number of piperidine rings is 1. The van der Waals surface area contributed by atoms with Crippen molar-refractivity contribution in [3.8, 4) is 0 Å². The van der Waals surface area contributed by atoms with Crippen molar-refractivity contribution in [1.29, 1.82) is 0 Å². The van der Waals surface area contributed by atoms with E-state index in [-0.39, 0.29) is 23.0 Å². The van der Waals surface area contributed by atoms with Crippen LogP contribution in [-0.4, -0.2) is 27.6 Å². The van der Waals surface area contributed by atoms with Gasteiger partial charge in [0.1, 0.15) is 0 Å². The van der Waals surface area contributed by atoms with Gasteiger partial charge in [0.05, 0.1) is 5.56 Å². The Morgan fingerprint density at radius 1 is 1.17 bits per heavy atom. The lowest BCUT2D eigenvalue weighted by atomic mass is 9.79. The first kappa shape index (κ1) is 16.1. The molecule has 2 aromatic rings. The predicted octanol–water partition coefficient (Wildman–Crippen LogP) is 3.22. The smallest absolute Gasteiger partial charge is 0.253 e. The molecule has 4 heteroatoms. The molecule has 124 valence electrons. The van der Waals surface area contributed by atoms with Crippen molar-refractivity contribution in [2.45, 2.75) is 57.7 Å². The predicted molar refractivity (Wildman–Crippen MR) is 94.7 cm³/mol. The second-order valence-electron chi connectivity index (χ2n) is 8.14. The summed E-state index contributed by atoms with van der Waals surface area (Å²) in [5.74, 6) is 0.0281. The van der Waals surface area contributed by atoms with E-state index in [0.29, 0.717) is 0 Å². The Morgan fingerprint density at radius 2 is 1.78 bits per heavy atom. The molecule has 1 aliphatic rings. The van der Waals surface area contributed by atoms with Crippen LogP contribution < -0.4 is 10.6 Å². The molecule has 1 aromatic carbocycles. The zero-order chi connectivity index (χ0) is 16.8. The van der Waals surface area contributed by atoms with Crippen LogP contribution in [0.4, 0.5) is 0 Å². The summed E-state index contributed by atoms with van der Waals surface area (Å²) in [5.41, 5.74) is 1.90. The lowest BCUT2D eigenvalue weighted by Gasteiger charge is -2.46. The first-order chi connectivity index (χ1) is 10.7. The maximum Gasteiger partial charge on any atom is 0.253 e. The van der Waals surface area contributed by atoms with Gasteiger partial charge < -0.3 is 15.2 Å². The number of rotatable bonds is 2. The maximum atomic E-state index is 12.8. The Morgan fingerprint density at radius 3 is 2.43 bits per heavy atom. The van der Waals surface area contributed by atoms with Gasteiger partial charge in [-0.15, -0.1) is 0 Å². The summed E-state index contributed by atoms with van der Waals surface area (Å²) in [6.07, 6.45) is 3.80. The summed E-state index contributed by atoms with van der Waals surface area (Å²) in [6.45, 7) is 8.80. The largest absolute Gasteiger partial charge is 0.350 e. The lowest BCUT2D eigenvalue weighted by molar-refractivity contribution is 0.0874. The number of hydrogen-bond acceptors (Lipinski definition) is 2. The van der Waals surface area contributed by atoms with Crippen LogP contribution in [0.15, 0.2) is 30.5 Å². The minimum absolute atomic E-state index is 0.0262. The Kier molecular flexibility index (Phi) is 3.75. The molecular weight excluding hydrogens is 286 g/mol. The highest BCUT2D eigenvalue weighted by Gasteiger charge is 2.38. The van der Waals surface area contributed by atoms with Gasteiger partial charge in [-0.3, -0.25) is 4.79 Å². The van der Waals surface area contributed by atoms with Gasteiger partial charge in [-0.1, -0.05) is 18.2 Å². The minimum Gasteiger partial charge on any atom is -0.350 e. The molecule has 0 radical (unpaired) electrons. The van der Waals surface area contributed by atoms with Crippen molar-refractivity contribution in [3.05, 3.63) is 36.0 Å². The molecule has 0 aliphatic carbocycles. The molecule has 0 bridgehead atoms. The van der Waals surface area contributed by atoms with Crippen LogP contribution in [0, 0.1) is 0 Å². The van der Waals surface area contributed by atoms with Gasteiger partial charge in [-0.25, -0.2) is 0 Å². The Hall–Kier alpha value is -1.81. The number of hydrogen-bond donors (Lipinski definition) is 2. The van der Waals surface area contributed by atoms with Crippen molar-refractivity contribution in [3.63, 3.8) is 0 Å². The van der Waals surface area contributed by atoms with Gasteiger partial charge in [0.15, 0.2) is 0 Å². The number of nitrogens with zero attached hydrogens (tertiary/aromatic N) is 1. The van der Waals surface area contributed by atoms with Crippen LogP contribution in [0.25, 0.3) is 10.9 Å². The molecule has 2 N–H and O–H groups in total. The minimum atomic E-state index is 0.0262. The molecule has 0 saturated carbocycles. The Labute approximate surface area is 138 Å². The number of carbonyl (C=O) groups excluding carboxylic acids is 1. The molecule has 4 nitrogen and oxygen atoms in total. The highest BCUT2D eigenvalue weighted by molar-refractivity contribution is 6.07. The number of para-hydroxylation sites is 1. The lowest BCUT2D eigenvalue weighted by Crippen LogP contribution is -2.62. The molecule has 0 unspecified atom stereocenters. The molecule has 2 heterocycles. The Bertz CT molecular complexity index is 726. The van der Waals surface area contributed by atoms with Gasteiger partial charge in [-0.05, 0) is 46.6 Å². The van der Waals surface area contributed by atoms with E-state index in [4.69, 9.17) is 0 Å².